The van der Waals surface area contributed by atoms with Crippen molar-refractivity contribution in [2.45, 2.75) is 49.5 Å². The minimum atomic E-state index is -0.628. The summed E-state index contributed by atoms with van der Waals surface area (Å²) in [5.74, 6) is -0.910. The third kappa shape index (κ3) is 4.23. The van der Waals surface area contributed by atoms with Crippen molar-refractivity contribution in [2.75, 3.05) is 11.9 Å². The molecular formula is C23H24FN7O2S. The fraction of sp³-hybridized carbons (Fsp3) is 0.391. The van der Waals surface area contributed by atoms with Crippen LogP contribution < -0.4 is 16.4 Å². The maximum Gasteiger partial charge on any atom is 0.227 e. The van der Waals surface area contributed by atoms with Crippen molar-refractivity contribution in [2.24, 2.45) is 5.73 Å². The summed E-state index contributed by atoms with van der Waals surface area (Å²) in [4.78, 5) is 33.0. The lowest BCUT2D eigenvalue weighted by Crippen LogP contribution is -2.42. The fourth-order valence-corrected chi connectivity index (χ4v) is 5.71. The van der Waals surface area contributed by atoms with Crippen LogP contribution in [0.4, 0.5) is 10.2 Å². The van der Waals surface area contributed by atoms with Gasteiger partial charge in [0.1, 0.15) is 22.3 Å². The first-order chi connectivity index (χ1) is 16.4. The van der Waals surface area contributed by atoms with Crippen LogP contribution in [0.15, 0.2) is 36.7 Å². The molecule has 0 aromatic carbocycles. The zero-order valence-electron chi connectivity index (χ0n) is 18.3. The maximum absolute atomic E-state index is 14.3. The highest BCUT2D eigenvalue weighted by atomic mass is 32.1. The standard InChI is InChI=1S/C23H24FN7O2S/c24-13-3-1-10-26-20(13)23(8-2-9-23)12-28-17-6-4-15(30-31-17)22-27-11-16(34-22)19(21(25)33)14-5-7-18(32)29-14/h1,3-4,6,10-11,14,19H,2,5,7-9,12H2,(H2,25,33)(H,28,31)(H,29,32)/t14-,19?/m0/s1. The summed E-state index contributed by atoms with van der Waals surface area (Å²) in [6.45, 7) is 0.518. The Kier molecular flexibility index (Phi) is 5.94. The molecule has 4 N–H and O–H groups in total. The quantitative estimate of drug-likeness (QED) is 0.450. The molecule has 176 valence electrons. The molecule has 0 bridgehead atoms. The first-order valence-corrected chi connectivity index (χ1v) is 12.0. The fourth-order valence-electron chi connectivity index (χ4n) is 4.65. The lowest BCUT2D eigenvalue weighted by Gasteiger charge is -2.41. The van der Waals surface area contributed by atoms with Crippen LogP contribution in [0.1, 0.15) is 48.6 Å². The number of aromatic nitrogens is 4. The van der Waals surface area contributed by atoms with E-state index in [1.54, 1.807) is 30.6 Å². The largest absolute Gasteiger partial charge is 0.369 e. The predicted octanol–water partition coefficient (Wildman–Crippen LogP) is 2.52. The second kappa shape index (κ2) is 9.05. The number of rotatable bonds is 8. The number of carbonyl (C=O) groups excluding carboxylic acids is 2. The number of thiazole rings is 1. The number of anilines is 1. The first kappa shape index (κ1) is 22.3. The maximum atomic E-state index is 14.3. The minimum absolute atomic E-state index is 0.0793. The van der Waals surface area contributed by atoms with Gasteiger partial charge in [-0.3, -0.25) is 14.6 Å². The molecule has 34 heavy (non-hydrogen) atoms. The van der Waals surface area contributed by atoms with E-state index in [1.807, 2.05) is 0 Å². The van der Waals surface area contributed by atoms with Crippen LogP contribution in [0.2, 0.25) is 0 Å². The average Bonchev–Trinajstić information content (AvgIpc) is 3.44. The summed E-state index contributed by atoms with van der Waals surface area (Å²) >= 11 is 1.31. The lowest BCUT2D eigenvalue weighted by atomic mass is 9.66. The van der Waals surface area contributed by atoms with Crippen molar-refractivity contribution in [3.8, 4) is 10.7 Å². The number of pyridine rings is 1. The van der Waals surface area contributed by atoms with Gasteiger partial charge in [0, 0.05) is 41.7 Å². The highest BCUT2D eigenvalue weighted by Gasteiger charge is 2.42. The summed E-state index contributed by atoms with van der Waals surface area (Å²) in [6.07, 6.45) is 6.94. The van der Waals surface area contributed by atoms with Crippen LogP contribution in [-0.4, -0.2) is 44.6 Å². The number of hydrogen-bond donors (Lipinski definition) is 3. The molecular weight excluding hydrogens is 457 g/mol. The van der Waals surface area contributed by atoms with E-state index in [4.69, 9.17) is 5.73 Å². The number of amides is 2. The Hall–Kier alpha value is -3.47. The van der Waals surface area contributed by atoms with Crippen LogP contribution in [0, 0.1) is 5.82 Å². The molecule has 5 rings (SSSR count). The number of carbonyl (C=O) groups is 2. The topological polar surface area (TPSA) is 136 Å². The molecule has 1 saturated carbocycles. The van der Waals surface area contributed by atoms with Crippen LogP contribution in [-0.2, 0) is 15.0 Å². The molecule has 1 saturated heterocycles. The van der Waals surface area contributed by atoms with Crippen molar-refractivity contribution in [1.82, 2.24) is 25.5 Å². The molecule has 1 aliphatic heterocycles. The third-order valence-electron chi connectivity index (χ3n) is 6.63. The second-order valence-electron chi connectivity index (χ2n) is 8.79. The Morgan fingerprint density at radius 3 is 2.76 bits per heavy atom. The number of nitrogens with zero attached hydrogens (tertiary/aromatic N) is 4. The van der Waals surface area contributed by atoms with Gasteiger partial charge in [0.2, 0.25) is 11.8 Å². The second-order valence-corrected chi connectivity index (χ2v) is 9.85. The van der Waals surface area contributed by atoms with Crippen LogP contribution in [0.25, 0.3) is 10.7 Å². The predicted molar refractivity (Wildman–Crippen MR) is 124 cm³/mol. The first-order valence-electron chi connectivity index (χ1n) is 11.2. The summed E-state index contributed by atoms with van der Waals surface area (Å²) < 4.78 is 14.3. The van der Waals surface area contributed by atoms with Gasteiger partial charge in [-0.15, -0.1) is 21.5 Å². The number of halogens is 1. The Bertz CT molecular complexity index is 1210. The van der Waals surface area contributed by atoms with Crippen molar-refractivity contribution in [3.05, 3.63) is 53.0 Å². The Balaban J connectivity index is 1.28. The van der Waals surface area contributed by atoms with Gasteiger partial charge in [-0.25, -0.2) is 9.37 Å². The number of primary amides is 1. The van der Waals surface area contributed by atoms with Crippen molar-refractivity contribution in [3.63, 3.8) is 0 Å². The Morgan fingerprint density at radius 1 is 1.29 bits per heavy atom. The monoisotopic (exact) mass is 481 g/mol. The number of hydrogen-bond acceptors (Lipinski definition) is 8. The molecule has 0 spiro atoms. The van der Waals surface area contributed by atoms with Gasteiger partial charge in [0.05, 0.1) is 11.6 Å². The summed E-state index contributed by atoms with van der Waals surface area (Å²) in [5, 5.41) is 15.2. The van der Waals surface area contributed by atoms with Gasteiger partial charge >= 0.3 is 0 Å². The van der Waals surface area contributed by atoms with Gasteiger partial charge in [0.25, 0.3) is 0 Å². The molecule has 9 nitrogen and oxygen atoms in total. The normalized spacial score (nSPS) is 19.8. The van der Waals surface area contributed by atoms with E-state index in [2.05, 4.69) is 30.8 Å². The smallest absolute Gasteiger partial charge is 0.227 e. The van der Waals surface area contributed by atoms with Gasteiger partial charge < -0.3 is 16.4 Å². The highest BCUT2D eigenvalue weighted by molar-refractivity contribution is 7.15. The average molecular weight is 482 g/mol. The van der Waals surface area contributed by atoms with E-state index >= 15 is 0 Å². The summed E-state index contributed by atoms with van der Waals surface area (Å²) in [7, 11) is 0. The summed E-state index contributed by atoms with van der Waals surface area (Å²) in [6, 6.07) is 6.32. The molecule has 3 aromatic heterocycles. The van der Waals surface area contributed by atoms with E-state index in [-0.39, 0.29) is 23.2 Å². The van der Waals surface area contributed by atoms with E-state index < -0.39 is 11.8 Å². The molecule has 2 atom stereocenters. The molecule has 1 unspecified atom stereocenters. The molecule has 4 heterocycles. The molecule has 2 aliphatic rings. The zero-order valence-corrected chi connectivity index (χ0v) is 19.1. The molecule has 2 fully saturated rings. The van der Waals surface area contributed by atoms with E-state index in [0.29, 0.717) is 46.5 Å². The van der Waals surface area contributed by atoms with Gasteiger partial charge in [-0.2, -0.15) is 0 Å². The lowest BCUT2D eigenvalue weighted by molar-refractivity contribution is -0.120. The molecule has 11 heteroatoms. The highest BCUT2D eigenvalue weighted by Crippen LogP contribution is 2.43. The van der Waals surface area contributed by atoms with Crippen molar-refractivity contribution < 1.29 is 14.0 Å². The van der Waals surface area contributed by atoms with E-state index in [9.17, 15) is 14.0 Å². The van der Waals surface area contributed by atoms with Crippen LogP contribution in [0.5, 0.6) is 0 Å². The van der Waals surface area contributed by atoms with E-state index in [1.165, 1.54) is 17.4 Å². The molecule has 2 amide bonds. The van der Waals surface area contributed by atoms with Crippen LogP contribution >= 0.6 is 11.3 Å². The van der Waals surface area contributed by atoms with Gasteiger partial charge in [-0.1, -0.05) is 6.42 Å². The molecule has 0 radical (unpaired) electrons. The number of nitrogens with one attached hydrogen (secondary N) is 2. The van der Waals surface area contributed by atoms with E-state index in [0.717, 1.165) is 19.3 Å². The van der Waals surface area contributed by atoms with Crippen molar-refractivity contribution >= 4 is 29.0 Å². The van der Waals surface area contributed by atoms with Gasteiger partial charge in [-0.05, 0) is 43.5 Å². The third-order valence-corrected chi connectivity index (χ3v) is 7.73. The zero-order chi connectivity index (χ0) is 23.7. The van der Waals surface area contributed by atoms with Gasteiger partial charge in [0.15, 0.2) is 0 Å². The minimum Gasteiger partial charge on any atom is -0.369 e. The Morgan fingerprint density at radius 2 is 2.15 bits per heavy atom. The molecule has 1 aliphatic carbocycles. The van der Waals surface area contributed by atoms with Crippen LogP contribution in [0.3, 0.4) is 0 Å². The Labute approximate surface area is 199 Å². The summed E-state index contributed by atoms with van der Waals surface area (Å²) in [5.41, 5.74) is 6.35. The van der Waals surface area contributed by atoms with Crippen molar-refractivity contribution in [1.29, 1.82) is 0 Å². The molecule has 3 aromatic rings. The SMILES string of the molecule is NC(=O)C(c1cnc(-c2ccc(NCC3(c4ncccc4F)CCC3)nn2)s1)[C@@H]1CCC(=O)N1. The number of nitrogens with two attached hydrogens (primary N) is 1.